The molecule has 1 aliphatic carbocycles. The van der Waals surface area contributed by atoms with Crippen molar-refractivity contribution < 1.29 is 4.42 Å². The molecule has 1 aliphatic rings. The smallest absolute Gasteiger partial charge is 0.155 e. The molecule has 0 bridgehead atoms. The summed E-state index contributed by atoms with van der Waals surface area (Å²) in [6.45, 7) is 4.69. The first-order valence-corrected chi connectivity index (χ1v) is 17.5. The molecule has 0 N–H and O–H groups in total. The van der Waals surface area contributed by atoms with E-state index in [1.807, 2.05) is 12.4 Å². The number of anilines is 3. The van der Waals surface area contributed by atoms with Crippen molar-refractivity contribution in [3.8, 4) is 33.4 Å². The molecular weight excluding hydrogens is 621 g/mol. The molecule has 0 saturated carbocycles. The van der Waals surface area contributed by atoms with Gasteiger partial charge in [-0.25, -0.2) is 0 Å². The first-order chi connectivity index (χ1) is 25.1. The summed E-state index contributed by atoms with van der Waals surface area (Å²) >= 11 is 0. The number of aromatic nitrogens is 1. The zero-order chi connectivity index (χ0) is 34.1. The van der Waals surface area contributed by atoms with Crippen LogP contribution in [0.3, 0.4) is 0 Å². The van der Waals surface area contributed by atoms with Crippen LogP contribution >= 0.6 is 0 Å². The van der Waals surface area contributed by atoms with E-state index in [0.29, 0.717) is 0 Å². The molecule has 0 aliphatic heterocycles. The van der Waals surface area contributed by atoms with Gasteiger partial charge >= 0.3 is 0 Å². The molecule has 0 spiro atoms. The van der Waals surface area contributed by atoms with Crippen LogP contribution in [0.25, 0.3) is 66.1 Å². The van der Waals surface area contributed by atoms with Gasteiger partial charge in [0, 0.05) is 27.4 Å². The monoisotopic (exact) mass is 654 g/mol. The van der Waals surface area contributed by atoms with Gasteiger partial charge in [-0.1, -0.05) is 141 Å². The van der Waals surface area contributed by atoms with Crippen LogP contribution < -0.4 is 4.90 Å². The normalized spacial score (nSPS) is 13.1. The Balaban J connectivity index is 1.29. The number of hydrogen-bond acceptors (Lipinski definition) is 3. The number of benzene rings is 7. The van der Waals surface area contributed by atoms with Gasteiger partial charge in [0.15, 0.2) is 5.58 Å². The molecule has 3 nitrogen and oxygen atoms in total. The maximum Gasteiger partial charge on any atom is 0.155 e. The summed E-state index contributed by atoms with van der Waals surface area (Å²) in [7, 11) is 0. The third kappa shape index (κ3) is 4.55. The van der Waals surface area contributed by atoms with Crippen LogP contribution in [0.5, 0.6) is 0 Å². The summed E-state index contributed by atoms with van der Waals surface area (Å²) in [5, 5.41) is 4.36. The molecule has 51 heavy (non-hydrogen) atoms. The molecule has 9 aromatic rings. The summed E-state index contributed by atoms with van der Waals surface area (Å²) in [4.78, 5) is 7.22. The Hall–Kier alpha value is -6.45. The fourth-order valence-electron chi connectivity index (χ4n) is 8.22. The Kier molecular flexibility index (Phi) is 6.53. The van der Waals surface area contributed by atoms with E-state index in [4.69, 9.17) is 9.40 Å². The second kappa shape index (κ2) is 11.3. The number of nitrogens with zero attached hydrogens (tertiary/aromatic N) is 2. The van der Waals surface area contributed by atoms with Crippen LogP contribution in [-0.4, -0.2) is 4.98 Å². The predicted octanol–water partition coefficient (Wildman–Crippen LogP) is 13.2. The van der Waals surface area contributed by atoms with Crippen molar-refractivity contribution in [1.82, 2.24) is 4.98 Å². The quantitative estimate of drug-likeness (QED) is 0.185. The summed E-state index contributed by atoms with van der Waals surface area (Å²) < 4.78 is 6.68. The highest BCUT2D eigenvalue weighted by molar-refractivity contribution is 6.19. The Bertz CT molecular complexity index is 2760. The van der Waals surface area contributed by atoms with Crippen molar-refractivity contribution >= 4 is 49.8 Å². The molecular formula is C48H34N2O. The highest BCUT2D eigenvalue weighted by Gasteiger charge is 2.37. The Morgan fingerprint density at radius 3 is 2.00 bits per heavy atom. The minimum atomic E-state index is -0.176. The van der Waals surface area contributed by atoms with Gasteiger partial charge in [-0.15, -0.1) is 0 Å². The Morgan fingerprint density at radius 2 is 1.20 bits per heavy atom. The van der Waals surface area contributed by atoms with Crippen LogP contribution in [-0.2, 0) is 5.41 Å². The van der Waals surface area contributed by atoms with Crippen molar-refractivity contribution in [2.24, 2.45) is 0 Å². The number of hydrogen-bond donors (Lipinski definition) is 0. The molecule has 0 fully saturated rings. The minimum Gasteiger partial charge on any atom is -0.454 e. The molecule has 2 heterocycles. The van der Waals surface area contributed by atoms with E-state index >= 15 is 0 Å². The van der Waals surface area contributed by atoms with E-state index in [1.165, 1.54) is 33.4 Å². The third-order valence-electron chi connectivity index (χ3n) is 10.8. The maximum atomic E-state index is 6.68. The SMILES string of the molecule is CC1(C)c2ccccc2-c2cc(-c3ccccc3)c(N(c3ccc(-c4ccccc4)cc3)c3cncc4oc5c6ccccc6ccc5c34)cc21. The topological polar surface area (TPSA) is 29.3 Å². The van der Waals surface area contributed by atoms with E-state index in [1.54, 1.807) is 0 Å². The molecule has 0 amide bonds. The van der Waals surface area contributed by atoms with E-state index in [2.05, 4.69) is 176 Å². The first kappa shape index (κ1) is 29.5. The number of pyridine rings is 1. The maximum absolute atomic E-state index is 6.68. The third-order valence-corrected chi connectivity index (χ3v) is 10.8. The van der Waals surface area contributed by atoms with Crippen molar-refractivity contribution in [2.75, 3.05) is 4.90 Å². The molecule has 0 atom stereocenters. The van der Waals surface area contributed by atoms with E-state index < -0.39 is 0 Å². The van der Waals surface area contributed by atoms with Gasteiger partial charge in [-0.3, -0.25) is 4.98 Å². The van der Waals surface area contributed by atoms with E-state index in [0.717, 1.165) is 60.9 Å². The fraction of sp³-hybridized carbons (Fsp3) is 0.0625. The van der Waals surface area contributed by atoms with Gasteiger partial charge in [0.2, 0.25) is 0 Å². The number of furan rings is 1. The molecule has 0 unspecified atom stereocenters. The van der Waals surface area contributed by atoms with Gasteiger partial charge in [-0.2, -0.15) is 0 Å². The van der Waals surface area contributed by atoms with Crippen molar-refractivity contribution in [3.05, 3.63) is 181 Å². The van der Waals surface area contributed by atoms with E-state index in [-0.39, 0.29) is 5.41 Å². The molecule has 2 aromatic heterocycles. The lowest BCUT2D eigenvalue weighted by Crippen LogP contribution is -2.17. The Labute approximate surface area is 297 Å². The second-order valence-electron chi connectivity index (χ2n) is 14.0. The molecule has 10 rings (SSSR count). The minimum absolute atomic E-state index is 0.176. The summed E-state index contributed by atoms with van der Waals surface area (Å²) in [6.07, 6.45) is 3.85. The van der Waals surface area contributed by atoms with Gasteiger partial charge in [0.1, 0.15) is 5.58 Å². The van der Waals surface area contributed by atoms with E-state index in [9.17, 15) is 0 Å². The first-order valence-electron chi connectivity index (χ1n) is 17.5. The lowest BCUT2D eigenvalue weighted by molar-refractivity contribution is 0.660. The van der Waals surface area contributed by atoms with Gasteiger partial charge in [-0.05, 0) is 74.7 Å². The van der Waals surface area contributed by atoms with Crippen LogP contribution in [0.2, 0.25) is 0 Å². The second-order valence-corrected chi connectivity index (χ2v) is 14.0. The Morgan fingerprint density at radius 1 is 0.510 bits per heavy atom. The number of fused-ring (bicyclic) bond motifs is 8. The molecule has 0 saturated heterocycles. The molecule has 3 heteroatoms. The predicted molar refractivity (Wildman–Crippen MR) is 212 cm³/mol. The standard InChI is InChI=1S/C48H34N2O/c1-48(2)41-20-12-11-19-37(41)40-27-39(33-15-7-4-8-16-33)43(28-42(40)48)50(35-24-21-32(22-25-35)31-13-5-3-6-14-31)44-29-49-30-45-46(44)38-26-23-34-17-9-10-18-36(34)47(38)51-45/h3-30H,1-2H3. The average molecular weight is 655 g/mol. The molecule has 7 aromatic carbocycles. The van der Waals surface area contributed by atoms with Gasteiger partial charge in [0.25, 0.3) is 0 Å². The molecule has 242 valence electrons. The highest BCUT2D eigenvalue weighted by Crippen LogP contribution is 2.54. The van der Waals surface area contributed by atoms with Gasteiger partial charge in [0.05, 0.1) is 29.2 Å². The van der Waals surface area contributed by atoms with Gasteiger partial charge < -0.3 is 9.32 Å². The van der Waals surface area contributed by atoms with Crippen molar-refractivity contribution in [1.29, 1.82) is 0 Å². The summed E-state index contributed by atoms with van der Waals surface area (Å²) in [6, 6.07) is 56.8. The summed E-state index contributed by atoms with van der Waals surface area (Å²) in [5.41, 5.74) is 14.5. The van der Waals surface area contributed by atoms with Crippen LogP contribution in [0, 0.1) is 0 Å². The van der Waals surface area contributed by atoms with Crippen LogP contribution in [0.4, 0.5) is 17.1 Å². The zero-order valence-corrected chi connectivity index (χ0v) is 28.5. The summed E-state index contributed by atoms with van der Waals surface area (Å²) in [5.74, 6) is 0. The van der Waals surface area contributed by atoms with Crippen molar-refractivity contribution in [3.63, 3.8) is 0 Å². The highest BCUT2D eigenvalue weighted by atomic mass is 16.3. The average Bonchev–Trinajstić information content (AvgIpc) is 3.68. The number of rotatable bonds is 5. The molecule has 0 radical (unpaired) electrons. The fourth-order valence-corrected chi connectivity index (χ4v) is 8.22. The van der Waals surface area contributed by atoms with Crippen molar-refractivity contribution in [2.45, 2.75) is 19.3 Å². The largest absolute Gasteiger partial charge is 0.454 e. The lowest BCUT2D eigenvalue weighted by atomic mass is 9.81. The van der Waals surface area contributed by atoms with Crippen LogP contribution in [0.15, 0.2) is 175 Å². The zero-order valence-electron chi connectivity index (χ0n) is 28.5. The lowest BCUT2D eigenvalue weighted by Gasteiger charge is -2.30. The van der Waals surface area contributed by atoms with Crippen LogP contribution in [0.1, 0.15) is 25.0 Å².